The summed E-state index contributed by atoms with van der Waals surface area (Å²) in [4.78, 5) is 4.42. The molecule has 0 aliphatic carbocycles. The van der Waals surface area contributed by atoms with Crippen molar-refractivity contribution in [2.24, 2.45) is 0 Å². The second-order valence-electron chi connectivity index (χ2n) is 5.80. The number of nitrogens with zero attached hydrogens (tertiary/aromatic N) is 3. The van der Waals surface area contributed by atoms with Crippen molar-refractivity contribution in [2.75, 3.05) is 13.7 Å². The van der Waals surface area contributed by atoms with E-state index in [4.69, 9.17) is 4.74 Å². The molecule has 0 radical (unpaired) electrons. The molecule has 5 heteroatoms. The first-order valence-corrected chi connectivity index (χ1v) is 7.65. The lowest BCUT2D eigenvalue weighted by molar-refractivity contribution is -0.0294. The lowest BCUT2D eigenvalue weighted by Crippen LogP contribution is -2.51. The minimum atomic E-state index is -0.192. The molecule has 0 saturated carbocycles. The molecule has 2 unspecified atom stereocenters. The summed E-state index contributed by atoms with van der Waals surface area (Å²) in [5.41, 5.74) is -0.192. The van der Waals surface area contributed by atoms with Crippen LogP contribution in [0.1, 0.15) is 59.3 Å². The van der Waals surface area contributed by atoms with Crippen LogP contribution in [0, 0.1) is 0 Å². The molecule has 0 amide bonds. The van der Waals surface area contributed by atoms with Crippen LogP contribution in [0.15, 0.2) is 6.33 Å². The zero-order valence-electron chi connectivity index (χ0n) is 13.8. The Bertz CT molecular complexity index is 385. The van der Waals surface area contributed by atoms with Crippen molar-refractivity contribution in [3.63, 3.8) is 0 Å². The summed E-state index contributed by atoms with van der Waals surface area (Å²) in [5, 5.41) is 7.93. The van der Waals surface area contributed by atoms with E-state index < -0.39 is 0 Å². The van der Waals surface area contributed by atoms with E-state index in [0.29, 0.717) is 6.04 Å². The fourth-order valence-corrected chi connectivity index (χ4v) is 2.39. The molecule has 0 bridgehead atoms. The largest absolute Gasteiger partial charge is 0.377 e. The quantitative estimate of drug-likeness (QED) is 0.756. The van der Waals surface area contributed by atoms with Crippen LogP contribution in [0.5, 0.6) is 0 Å². The SMILES string of the molecule is CCCNC(Cc1ncnn1C(C)C)C(C)(CC)OC. The third-order valence-corrected chi connectivity index (χ3v) is 4.07. The Morgan fingerprint density at radius 2 is 2.10 bits per heavy atom. The molecule has 1 N–H and O–H groups in total. The number of rotatable bonds is 9. The van der Waals surface area contributed by atoms with E-state index in [-0.39, 0.29) is 11.6 Å². The lowest BCUT2D eigenvalue weighted by atomic mass is 9.90. The highest BCUT2D eigenvalue weighted by molar-refractivity contribution is 4.98. The van der Waals surface area contributed by atoms with E-state index in [1.165, 1.54) is 0 Å². The zero-order chi connectivity index (χ0) is 15.2. The van der Waals surface area contributed by atoms with Crippen molar-refractivity contribution in [1.29, 1.82) is 0 Å². The molecule has 1 rings (SSSR count). The molecule has 1 heterocycles. The maximum absolute atomic E-state index is 5.78. The van der Waals surface area contributed by atoms with E-state index in [0.717, 1.165) is 31.6 Å². The van der Waals surface area contributed by atoms with Crippen LogP contribution in [0.2, 0.25) is 0 Å². The second-order valence-corrected chi connectivity index (χ2v) is 5.80. The zero-order valence-corrected chi connectivity index (χ0v) is 13.8. The van der Waals surface area contributed by atoms with Crippen LogP contribution in [-0.2, 0) is 11.2 Å². The Kier molecular flexibility index (Phi) is 6.62. The average molecular weight is 282 g/mol. The van der Waals surface area contributed by atoms with Gasteiger partial charge in [-0.05, 0) is 40.2 Å². The first kappa shape index (κ1) is 17.1. The van der Waals surface area contributed by atoms with Gasteiger partial charge in [0.05, 0.1) is 5.60 Å². The molecule has 116 valence electrons. The average Bonchev–Trinajstić information content (AvgIpc) is 2.90. The van der Waals surface area contributed by atoms with Gasteiger partial charge >= 0.3 is 0 Å². The molecule has 0 aromatic carbocycles. The first-order valence-electron chi connectivity index (χ1n) is 7.65. The molecular formula is C15H30N4O. The van der Waals surface area contributed by atoms with Gasteiger partial charge in [0.2, 0.25) is 0 Å². The molecule has 1 aromatic heterocycles. The van der Waals surface area contributed by atoms with Crippen molar-refractivity contribution in [3.8, 4) is 0 Å². The van der Waals surface area contributed by atoms with E-state index in [1.807, 2.05) is 4.68 Å². The van der Waals surface area contributed by atoms with Gasteiger partial charge in [-0.1, -0.05) is 13.8 Å². The summed E-state index contributed by atoms with van der Waals surface area (Å²) in [5.74, 6) is 1.02. The summed E-state index contributed by atoms with van der Waals surface area (Å²) in [6, 6.07) is 0.564. The Morgan fingerprint density at radius 3 is 2.60 bits per heavy atom. The highest BCUT2D eigenvalue weighted by Crippen LogP contribution is 2.22. The van der Waals surface area contributed by atoms with Crippen molar-refractivity contribution < 1.29 is 4.74 Å². The fourth-order valence-electron chi connectivity index (χ4n) is 2.39. The number of nitrogens with one attached hydrogen (secondary N) is 1. The van der Waals surface area contributed by atoms with Crippen molar-refractivity contribution in [2.45, 2.75) is 71.6 Å². The standard InChI is InChI=1S/C15H30N4O/c1-7-9-16-13(15(5,8-2)20-6)10-14-17-11-18-19(14)12(3)4/h11-13,16H,7-10H2,1-6H3. The lowest BCUT2D eigenvalue weighted by Gasteiger charge is -2.36. The normalized spacial score (nSPS) is 16.4. The molecule has 2 atom stereocenters. The summed E-state index contributed by atoms with van der Waals surface area (Å²) in [6.07, 6.45) is 4.54. The smallest absolute Gasteiger partial charge is 0.138 e. The van der Waals surface area contributed by atoms with Gasteiger partial charge in [-0.3, -0.25) is 0 Å². The fraction of sp³-hybridized carbons (Fsp3) is 0.867. The van der Waals surface area contributed by atoms with Crippen molar-refractivity contribution in [1.82, 2.24) is 20.1 Å². The number of aromatic nitrogens is 3. The Morgan fingerprint density at radius 1 is 1.40 bits per heavy atom. The van der Waals surface area contributed by atoms with E-state index >= 15 is 0 Å². The van der Waals surface area contributed by atoms with Crippen molar-refractivity contribution in [3.05, 3.63) is 12.2 Å². The maximum Gasteiger partial charge on any atom is 0.138 e. The van der Waals surface area contributed by atoms with E-state index in [9.17, 15) is 0 Å². The molecule has 0 aliphatic rings. The first-order chi connectivity index (χ1) is 9.48. The monoisotopic (exact) mass is 282 g/mol. The predicted octanol–water partition coefficient (Wildman–Crippen LogP) is 2.58. The minimum absolute atomic E-state index is 0.192. The third-order valence-electron chi connectivity index (χ3n) is 4.07. The summed E-state index contributed by atoms with van der Waals surface area (Å²) >= 11 is 0. The number of ether oxygens (including phenoxy) is 1. The summed E-state index contributed by atoms with van der Waals surface area (Å²) in [6.45, 7) is 11.7. The number of hydrogen-bond acceptors (Lipinski definition) is 4. The highest BCUT2D eigenvalue weighted by Gasteiger charge is 2.33. The topological polar surface area (TPSA) is 52.0 Å². The molecule has 0 saturated heterocycles. The van der Waals surface area contributed by atoms with E-state index in [1.54, 1.807) is 13.4 Å². The highest BCUT2D eigenvalue weighted by atomic mass is 16.5. The van der Waals surface area contributed by atoms with E-state index in [2.05, 4.69) is 50.0 Å². The van der Waals surface area contributed by atoms with Gasteiger partial charge in [-0.25, -0.2) is 9.67 Å². The van der Waals surface area contributed by atoms with Gasteiger partial charge in [0, 0.05) is 25.6 Å². The maximum atomic E-state index is 5.78. The van der Waals surface area contributed by atoms with Crippen LogP contribution in [0.25, 0.3) is 0 Å². The second kappa shape index (κ2) is 7.74. The van der Waals surface area contributed by atoms with Crippen LogP contribution in [0.4, 0.5) is 0 Å². The van der Waals surface area contributed by atoms with Gasteiger partial charge in [-0.2, -0.15) is 5.10 Å². The number of methoxy groups -OCH3 is 1. The summed E-state index contributed by atoms with van der Waals surface area (Å²) < 4.78 is 7.77. The Balaban J connectivity index is 2.91. The van der Waals surface area contributed by atoms with Gasteiger partial charge in [0.1, 0.15) is 12.2 Å². The molecule has 5 nitrogen and oxygen atoms in total. The molecule has 1 aromatic rings. The van der Waals surface area contributed by atoms with Crippen LogP contribution in [-0.4, -0.2) is 40.1 Å². The van der Waals surface area contributed by atoms with Gasteiger partial charge in [0.15, 0.2) is 0 Å². The Hall–Kier alpha value is -0.940. The van der Waals surface area contributed by atoms with Crippen LogP contribution in [0.3, 0.4) is 0 Å². The molecule has 0 fully saturated rings. The molecular weight excluding hydrogens is 252 g/mol. The predicted molar refractivity (Wildman–Crippen MR) is 81.9 cm³/mol. The molecule has 0 spiro atoms. The molecule has 20 heavy (non-hydrogen) atoms. The number of hydrogen-bond donors (Lipinski definition) is 1. The van der Waals surface area contributed by atoms with Gasteiger partial charge < -0.3 is 10.1 Å². The van der Waals surface area contributed by atoms with Crippen molar-refractivity contribution >= 4 is 0 Å². The van der Waals surface area contributed by atoms with Gasteiger partial charge in [-0.15, -0.1) is 0 Å². The van der Waals surface area contributed by atoms with Crippen LogP contribution < -0.4 is 5.32 Å². The minimum Gasteiger partial charge on any atom is -0.377 e. The molecule has 0 aliphatic heterocycles. The van der Waals surface area contributed by atoms with Gasteiger partial charge in [0.25, 0.3) is 0 Å². The third kappa shape index (κ3) is 4.03. The summed E-state index contributed by atoms with van der Waals surface area (Å²) in [7, 11) is 1.79. The Labute approximate surface area is 123 Å². The van der Waals surface area contributed by atoms with Crippen LogP contribution >= 0.6 is 0 Å².